The Morgan fingerprint density at radius 1 is 0.683 bits per heavy atom. The maximum absolute atomic E-state index is 5.33. The van der Waals surface area contributed by atoms with E-state index in [0.29, 0.717) is 0 Å². The Hall–Kier alpha value is -4.04. The highest BCUT2D eigenvalue weighted by atomic mass is 16.5. The van der Waals surface area contributed by atoms with Gasteiger partial charge in [-0.15, -0.1) is 0 Å². The standard InChI is InChI=1S/C39H43NO/c1-4-39(5-2,40-36-26-28-37(41-3)29-27-36)35-24-18-32(19-25-35)12-9-13-38-33-20-14-30(15-21-33)10-7-6-8-11-31-16-22-34(38)23-17-31/h9,12-29,40H,4-8,10-11H2,1-3H3. The third kappa shape index (κ3) is 7.00. The number of allylic oxidation sites excluding steroid dienone is 2. The molecule has 8 rings (SSSR count). The molecule has 0 atom stereocenters. The Bertz CT molecular complexity index is 1390. The molecule has 2 heteroatoms. The fourth-order valence-electron chi connectivity index (χ4n) is 5.92. The first-order valence-corrected chi connectivity index (χ1v) is 15.2. The minimum atomic E-state index is -0.122. The van der Waals surface area contributed by atoms with Crippen LogP contribution in [0.4, 0.5) is 5.69 Å². The molecule has 4 aromatic carbocycles. The van der Waals surface area contributed by atoms with Crippen molar-refractivity contribution in [2.75, 3.05) is 12.4 Å². The van der Waals surface area contributed by atoms with Gasteiger partial charge < -0.3 is 10.1 Å². The first-order valence-electron chi connectivity index (χ1n) is 15.2. The van der Waals surface area contributed by atoms with Gasteiger partial charge in [-0.25, -0.2) is 0 Å². The van der Waals surface area contributed by atoms with Gasteiger partial charge in [0.15, 0.2) is 0 Å². The number of benzene rings is 4. The summed E-state index contributed by atoms with van der Waals surface area (Å²) in [5, 5.41) is 3.81. The van der Waals surface area contributed by atoms with Crippen LogP contribution in [0.25, 0.3) is 11.6 Å². The van der Waals surface area contributed by atoms with Gasteiger partial charge >= 0.3 is 0 Å². The Morgan fingerprint density at radius 3 is 1.76 bits per heavy atom. The number of hydrogen-bond acceptors (Lipinski definition) is 2. The molecule has 1 N–H and O–H groups in total. The Balaban J connectivity index is 1.38. The molecule has 0 spiro atoms. The molecule has 41 heavy (non-hydrogen) atoms. The van der Waals surface area contributed by atoms with Gasteiger partial charge in [0.2, 0.25) is 0 Å². The van der Waals surface area contributed by atoms with E-state index in [4.69, 9.17) is 4.74 Å². The summed E-state index contributed by atoms with van der Waals surface area (Å²) in [5.74, 6) is 0.872. The SMILES string of the molecule is CCC(CC)(Nc1ccc(OC)cc1)c1ccc(C=CC=C2c3ccc(cc3)CCCCCc3ccc2cc3)cc1. The molecule has 4 aliphatic carbocycles. The van der Waals surface area contributed by atoms with Crippen molar-refractivity contribution in [3.63, 3.8) is 0 Å². The van der Waals surface area contributed by atoms with Crippen molar-refractivity contribution in [3.05, 3.63) is 143 Å². The molecule has 0 aromatic heterocycles. The Kier molecular flexibility index (Phi) is 9.41. The van der Waals surface area contributed by atoms with Crippen molar-refractivity contribution in [1.82, 2.24) is 0 Å². The molecule has 4 aliphatic rings. The second-order valence-corrected chi connectivity index (χ2v) is 11.2. The van der Waals surface area contributed by atoms with Gasteiger partial charge in [-0.2, -0.15) is 0 Å². The summed E-state index contributed by atoms with van der Waals surface area (Å²) >= 11 is 0. The van der Waals surface area contributed by atoms with Crippen LogP contribution in [0.2, 0.25) is 0 Å². The molecular weight excluding hydrogens is 498 g/mol. The van der Waals surface area contributed by atoms with E-state index in [2.05, 4.69) is 122 Å². The summed E-state index contributed by atoms with van der Waals surface area (Å²) in [4.78, 5) is 0. The van der Waals surface area contributed by atoms with E-state index in [1.54, 1.807) is 7.11 Å². The summed E-state index contributed by atoms with van der Waals surface area (Å²) in [7, 11) is 1.70. The topological polar surface area (TPSA) is 21.3 Å². The normalized spacial score (nSPS) is 13.8. The summed E-state index contributed by atoms with van der Waals surface area (Å²) in [5.41, 5.74) is 10.1. The lowest BCUT2D eigenvalue weighted by Gasteiger charge is -2.35. The summed E-state index contributed by atoms with van der Waals surface area (Å²) in [6.45, 7) is 4.51. The van der Waals surface area contributed by atoms with Gasteiger partial charge in [0, 0.05) is 5.69 Å². The fourth-order valence-corrected chi connectivity index (χ4v) is 5.92. The van der Waals surface area contributed by atoms with E-state index in [1.807, 2.05) is 12.1 Å². The van der Waals surface area contributed by atoms with E-state index in [0.717, 1.165) is 24.3 Å². The molecule has 2 nitrogen and oxygen atoms in total. The minimum Gasteiger partial charge on any atom is -0.497 e. The average Bonchev–Trinajstić information content (AvgIpc) is 3.03. The molecule has 0 aliphatic heterocycles. The third-order valence-corrected chi connectivity index (χ3v) is 8.66. The van der Waals surface area contributed by atoms with Gasteiger partial charge in [0.25, 0.3) is 0 Å². The maximum Gasteiger partial charge on any atom is 0.119 e. The van der Waals surface area contributed by atoms with Gasteiger partial charge in [0.1, 0.15) is 5.75 Å². The molecule has 210 valence electrons. The van der Waals surface area contributed by atoms with E-state index in [1.165, 1.54) is 71.1 Å². The molecule has 0 radical (unpaired) electrons. The van der Waals surface area contributed by atoms with Gasteiger partial charge in [0.05, 0.1) is 12.6 Å². The van der Waals surface area contributed by atoms with Crippen molar-refractivity contribution >= 4 is 17.3 Å². The first kappa shape index (κ1) is 28.5. The van der Waals surface area contributed by atoms with E-state index < -0.39 is 0 Å². The molecule has 0 saturated carbocycles. The zero-order valence-corrected chi connectivity index (χ0v) is 24.8. The number of ether oxygens (including phenoxy) is 1. The molecule has 4 aromatic rings. The zero-order valence-electron chi connectivity index (χ0n) is 24.8. The zero-order chi connectivity index (χ0) is 28.5. The van der Waals surface area contributed by atoms with Crippen LogP contribution in [0.3, 0.4) is 0 Å². The van der Waals surface area contributed by atoms with Crippen LogP contribution in [0.5, 0.6) is 5.75 Å². The monoisotopic (exact) mass is 541 g/mol. The van der Waals surface area contributed by atoms with Crippen LogP contribution in [-0.2, 0) is 18.4 Å². The van der Waals surface area contributed by atoms with Crippen LogP contribution in [0, 0.1) is 0 Å². The summed E-state index contributed by atoms with van der Waals surface area (Å²) in [6.07, 6.45) is 14.8. The second kappa shape index (κ2) is 13.5. The van der Waals surface area contributed by atoms with E-state index >= 15 is 0 Å². The Labute approximate surface area is 246 Å². The second-order valence-electron chi connectivity index (χ2n) is 11.2. The average molecular weight is 542 g/mol. The maximum atomic E-state index is 5.33. The fraction of sp³-hybridized carbons (Fsp3) is 0.282. The van der Waals surface area contributed by atoms with Crippen molar-refractivity contribution in [2.24, 2.45) is 0 Å². The Morgan fingerprint density at radius 2 is 1.24 bits per heavy atom. The molecule has 0 heterocycles. The highest BCUT2D eigenvalue weighted by molar-refractivity contribution is 5.81. The van der Waals surface area contributed by atoms with Crippen LogP contribution in [-0.4, -0.2) is 7.11 Å². The molecular formula is C39H43NO. The van der Waals surface area contributed by atoms with E-state index in [-0.39, 0.29) is 5.54 Å². The van der Waals surface area contributed by atoms with Crippen molar-refractivity contribution in [1.29, 1.82) is 0 Å². The van der Waals surface area contributed by atoms with E-state index in [9.17, 15) is 0 Å². The van der Waals surface area contributed by atoms with Crippen LogP contribution in [0.15, 0.2) is 109 Å². The molecule has 0 unspecified atom stereocenters. The van der Waals surface area contributed by atoms with Crippen molar-refractivity contribution < 1.29 is 4.74 Å². The number of anilines is 1. The minimum absolute atomic E-state index is 0.122. The molecule has 0 saturated heterocycles. The molecule has 4 bridgehead atoms. The largest absolute Gasteiger partial charge is 0.497 e. The number of methoxy groups -OCH3 is 1. The van der Waals surface area contributed by atoms with Gasteiger partial charge in [-0.3, -0.25) is 0 Å². The number of aryl methyl sites for hydroxylation is 2. The highest BCUT2D eigenvalue weighted by Crippen LogP contribution is 2.34. The van der Waals surface area contributed by atoms with Gasteiger partial charge in [-0.1, -0.05) is 111 Å². The van der Waals surface area contributed by atoms with Gasteiger partial charge in [-0.05, 0) is 102 Å². The van der Waals surface area contributed by atoms with Crippen molar-refractivity contribution in [2.45, 2.75) is 64.3 Å². The third-order valence-electron chi connectivity index (χ3n) is 8.66. The lowest BCUT2D eigenvalue weighted by atomic mass is 9.84. The molecule has 0 fully saturated rings. The van der Waals surface area contributed by atoms with Crippen LogP contribution < -0.4 is 10.1 Å². The van der Waals surface area contributed by atoms with Crippen molar-refractivity contribution in [3.8, 4) is 5.75 Å². The van der Waals surface area contributed by atoms with Crippen LogP contribution >= 0.6 is 0 Å². The van der Waals surface area contributed by atoms with Crippen LogP contribution in [0.1, 0.15) is 79.3 Å². The number of hydrogen-bond donors (Lipinski definition) is 1. The summed E-state index contributed by atoms with van der Waals surface area (Å²) < 4.78 is 5.33. The predicted octanol–water partition coefficient (Wildman–Crippen LogP) is 10.2. The quantitative estimate of drug-likeness (QED) is 0.240. The number of rotatable bonds is 8. The first-order chi connectivity index (χ1) is 20.1. The lowest BCUT2D eigenvalue weighted by molar-refractivity contribution is 0.414. The highest BCUT2D eigenvalue weighted by Gasteiger charge is 2.28. The summed E-state index contributed by atoms with van der Waals surface area (Å²) in [6, 6.07) is 35.6. The number of nitrogens with one attached hydrogen (secondary N) is 1. The predicted molar refractivity (Wildman–Crippen MR) is 176 cm³/mol. The molecule has 0 amide bonds. The lowest BCUT2D eigenvalue weighted by Crippen LogP contribution is -2.34. The smallest absolute Gasteiger partial charge is 0.119 e.